The normalized spacial score (nSPS) is 23.4. The lowest BCUT2D eigenvalue weighted by Gasteiger charge is -2.40. The molecule has 1 aliphatic heterocycles. The van der Waals surface area contributed by atoms with Gasteiger partial charge in [0.25, 0.3) is 0 Å². The number of anilines is 1. The second kappa shape index (κ2) is 6.75. The second-order valence-electron chi connectivity index (χ2n) is 6.97. The zero-order valence-corrected chi connectivity index (χ0v) is 14.0. The molecule has 1 aliphatic rings. The van der Waals surface area contributed by atoms with Gasteiger partial charge in [0.05, 0.1) is 24.4 Å². The summed E-state index contributed by atoms with van der Waals surface area (Å²) in [6, 6.07) is 4.79. The topological polar surface area (TPSA) is 37.4 Å². The van der Waals surface area contributed by atoms with Crippen LogP contribution in [0.5, 0.6) is 0 Å². The first-order chi connectivity index (χ1) is 9.89. The molecule has 2 unspecified atom stereocenters. The van der Waals surface area contributed by atoms with Gasteiger partial charge >= 0.3 is 0 Å². The van der Waals surface area contributed by atoms with Gasteiger partial charge in [0, 0.05) is 30.5 Å². The highest BCUT2D eigenvalue weighted by Crippen LogP contribution is 2.23. The van der Waals surface area contributed by atoms with E-state index >= 15 is 0 Å². The summed E-state index contributed by atoms with van der Waals surface area (Å²) in [6.45, 7) is 13.5. The van der Waals surface area contributed by atoms with E-state index in [1.54, 1.807) is 0 Å². The summed E-state index contributed by atoms with van der Waals surface area (Å²) in [5, 5.41) is 3.50. The molecule has 0 radical (unpaired) electrons. The molecule has 2 rings (SSSR count). The van der Waals surface area contributed by atoms with Crippen LogP contribution in [0.15, 0.2) is 18.3 Å². The third-order valence-electron chi connectivity index (χ3n) is 3.87. The Balaban J connectivity index is 2.11. The second-order valence-corrected chi connectivity index (χ2v) is 6.97. The Morgan fingerprint density at radius 3 is 2.86 bits per heavy atom. The molecule has 118 valence electrons. The van der Waals surface area contributed by atoms with E-state index in [-0.39, 0.29) is 11.6 Å². The molecule has 2 heterocycles. The summed E-state index contributed by atoms with van der Waals surface area (Å²) < 4.78 is 5.79. The Labute approximate surface area is 128 Å². The Morgan fingerprint density at radius 1 is 1.43 bits per heavy atom. The molecule has 1 aromatic rings. The number of aromatic nitrogens is 1. The highest BCUT2D eigenvalue weighted by atomic mass is 16.5. The summed E-state index contributed by atoms with van der Waals surface area (Å²) in [5.74, 6) is 0. The average Bonchev–Trinajstić information content (AvgIpc) is 2.45. The lowest BCUT2D eigenvalue weighted by molar-refractivity contribution is 0.0299. The molecule has 0 aliphatic carbocycles. The van der Waals surface area contributed by atoms with Gasteiger partial charge in [-0.2, -0.15) is 0 Å². The number of nitrogens with zero attached hydrogens (tertiary/aromatic N) is 2. The molecular weight excluding hydrogens is 262 g/mol. The van der Waals surface area contributed by atoms with Crippen molar-refractivity contribution in [2.75, 3.05) is 18.1 Å². The Hall–Kier alpha value is -1.13. The van der Waals surface area contributed by atoms with Gasteiger partial charge in [-0.15, -0.1) is 0 Å². The molecule has 0 saturated carbocycles. The molecule has 0 spiro atoms. The van der Waals surface area contributed by atoms with Crippen molar-refractivity contribution in [1.29, 1.82) is 0 Å². The first kappa shape index (κ1) is 16.2. The van der Waals surface area contributed by atoms with E-state index in [1.165, 1.54) is 5.69 Å². The van der Waals surface area contributed by atoms with Crippen LogP contribution in [0.2, 0.25) is 0 Å². The summed E-state index contributed by atoms with van der Waals surface area (Å²) in [4.78, 5) is 6.96. The van der Waals surface area contributed by atoms with Crippen molar-refractivity contribution in [3.05, 3.63) is 24.0 Å². The van der Waals surface area contributed by atoms with Crippen molar-refractivity contribution in [3.63, 3.8) is 0 Å². The number of hydrogen-bond acceptors (Lipinski definition) is 4. The number of ether oxygens (including phenoxy) is 1. The number of morpholine rings is 1. The van der Waals surface area contributed by atoms with Crippen LogP contribution in [0.4, 0.5) is 5.69 Å². The predicted molar refractivity (Wildman–Crippen MR) is 87.7 cm³/mol. The van der Waals surface area contributed by atoms with Gasteiger partial charge in [-0.05, 0) is 46.2 Å². The number of hydrogen-bond donors (Lipinski definition) is 1. The molecule has 0 aromatic carbocycles. The van der Waals surface area contributed by atoms with E-state index in [9.17, 15) is 0 Å². The van der Waals surface area contributed by atoms with Crippen LogP contribution in [-0.2, 0) is 11.3 Å². The first-order valence-corrected chi connectivity index (χ1v) is 7.97. The fourth-order valence-corrected chi connectivity index (χ4v) is 2.60. The largest absolute Gasteiger partial charge is 0.375 e. The van der Waals surface area contributed by atoms with Gasteiger partial charge in [0.1, 0.15) is 0 Å². The molecule has 1 saturated heterocycles. The molecule has 1 N–H and O–H groups in total. The monoisotopic (exact) mass is 291 g/mol. The maximum atomic E-state index is 5.79. The highest BCUT2D eigenvalue weighted by Gasteiger charge is 2.25. The third-order valence-corrected chi connectivity index (χ3v) is 3.87. The molecule has 2 atom stereocenters. The highest BCUT2D eigenvalue weighted by molar-refractivity contribution is 5.48. The fraction of sp³-hybridized carbons (Fsp3) is 0.706. The van der Waals surface area contributed by atoms with Gasteiger partial charge < -0.3 is 15.0 Å². The Morgan fingerprint density at radius 2 is 2.19 bits per heavy atom. The molecule has 21 heavy (non-hydrogen) atoms. The minimum absolute atomic E-state index is 0.108. The SMILES string of the molecule is CCC1COC(C)CN1c1ccnc(CNC(C)(C)C)c1. The standard InChI is InChI=1S/C17H29N3O/c1-6-15-12-21-13(2)11-20(15)16-7-8-18-14(9-16)10-19-17(3,4)5/h7-9,13,15,19H,6,10-12H2,1-5H3. The van der Waals surface area contributed by atoms with E-state index in [1.807, 2.05) is 6.20 Å². The van der Waals surface area contributed by atoms with Crippen LogP contribution in [0.25, 0.3) is 0 Å². The Kier molecular flexibility index (Phi) is 5.22. The van der Waals surface area contributed by atoms with Crippen molar-refractivity contribution in [2.24, 2.45) is 0 Å². The molecular formula is C17H29N3O. The molecule has 0 bridgehead atoms. The lowest BCUT2D eigenvalue weighted by Crippen LogP contribution is -2.48. The van der Waals surface area contributed by atoms with Gasteiger partial charge in [-0.1, -0.05) is 6.92 Å². The molecule has 1 aromatic heterocycles. The average molecular weight is 291 g/mol. The minimum Gasteiger partial charge on any atom is -0.375 e. The summed E-state index contributed by atoms with van der Waals surface area (Å²) in [7, 11) is 0. The van der Waals surface area contributed by atoms with Crippen LogP contribution < -0.4 is 10.2 Å². The zero-order valence-electron chi connectivity index (χ0n) is 14.0. The molecule has 4 nitrogen and oxygen atoms in total. The summed E-state index contributed by atoms with van der Waals surface area (Å²) in [6.07, 6.45) is 3.31. The first-order valence-electron chi connectivity index (χ1n) is 7.97. The number of nitrogens with one attached hydrogen (secondary N) is 1. The number of pyridine rings is 1. The van der Waals surface area contributed by atoms with Crippen molar-refractivity contribution in [3.8, 4) is 0 Å². The third kappa shape index (κ3) is 4.68. The van der Waals surface area contributed by atoms with Crippen LogP contribution in [0.3, 0.4) is 0 Å². The van der Waals surface area contributed by atoms with Crippen LogP contribution >= 0.6 is 0 Å². The van der Waals surface area contributed by atoms with Crippen molar-refractivity contribution < 1.29 is 4.74 Å². The van der Waals surface area contributed by atoms with Crippen LogP contribution in [-0.4, -0.2) is 35.8 Å². The summed E-state index contributed by atoms with van der Waals surface area (Å²) >= 11 is 0. The maximum absolute atomic E-state index is 5.79. The fourth-order valence-electron chi connectivity index (χ4n) is 2.60. The van der Waals surface area contributed by atoms with E-state index in [0.717, 1.165) is 31.8 Å². The lowest BCUT2D eigenvalue weighted by atomic mass is 10.1. The zero-order chi connectivity index (χ0) is 15.5. The van der Waals surface area contributed by atoms with Crippen molar-refractivity contribution in [2.45, 2.75) is 65.3 Å². The van der Waals surface area contributed by atoms with Crippen LogP contribution in [0, 0.1) is 0 Å². The quantitative estimate of drug-likeness (QED) is 0.925. The van der Waals surface area contributed by atoms with E-state index in [4.69, 9.17) is 4.74 Å². The van der Waals surface area contributed by atoms with E-state index < -0.39 is 0 Å². The molecule has 1 fully saturated rings. The molecule has 0 amide bonds. The van der Waals surface area contributed by atoms with E-state index in [2.05, 4.69) is 62.0 Å². The van der Waals surface area contributed by atoms with Crippen molar-refractivity contribution >= 4 is 5.69 Å². The van der Waals surface area contributed by atoms with Crippen molar-refractivity contribution in [1.82, 2.24) is 10.3 Å². The van der Waals surface area contributed by atoms with Gasteiger partial charge in [0.15, 0.2) is 0 Å². The minimum atomic E-state index is 0.108. The molecule has 4 heteroatoms. The summed E-state index contributed by atoms with van der Waals surface area (Å²) in [5.41, 5.74) is 2.46. The number of rotatable bonds is 4. The van der Waals surface area contributed by atoms with Gasteiger partial charge in [0.2, 0.25) is 0 Å². The van der Waals surface area contributed by atoms with Gasteiger partial charge in [-0.3, -0.25) is 4.98 Å². The Bertz CT molecular complexity index is 456. The van der Waals surface area contributed by atoms with E-state index in [0.29, 0.717) is 6.04 Å². The van der Waals surface area contributed by atoms with Gasteiger partial charge in [-0.25, -0.2) is 0 Å². The predicted octanol–water partition coefficient (Wildman–Crippen LogP) is 2.97. The smallest absolute Gasteiger partial charge is 0.0723 e. The maximum Gasteiger partial charge on any atom is 0.0723 e. The van der Waals surface area contributed by atoms with Crippen LogP contribution in [0.1, 0.15) is 46.7 Å².